The first-order chi connectivity index (χ1) is 19.3. The minimum absolute atomic E-state index is 0.0913. The van der Waals surface area contributed by atoms with Crippen LogP contribution in [0.25, 0.3) is 22.6 Å². The predicted molar refractivity (Wildman–Crippen MR) is 162 cm³/mol. The molecule has 0 atom stereocenters. The molecule has 1 aromatic carbocycles. The summed E-state index contributed by atoms with van der Waals surface area (Å²) in [4.78, 5) is 34.6. The first kappa shape index (κ1) is 28.5. The Morgan fingerprint density at radius 1 is 0.975 bits per heavy atom. The van der Waals surface area contributed by atoms with Crippen LogP contribution in [-0.4, -0.2) is 98.5 Å². The highest BCUT2D eigenvalue weighted by Crippen LogP contribution is 2.32. The number of likely N-dealkylation sites (N-methyl/N-ethyl adjacent to an activating group) is 1. The summed E-state index contributed by atoms with van der Waals surface area (Å²) in [5, 5.41) is 3.60. The second-order valence-electron chi connectivity index (χ2n) is 12.0. The topological polar surface area (TPSA) is 82.4 Å². The number of rotatable bonds is 9. The molecule has 2 aromatic heterocycles. The Kier molecular flexibility index (Phi) is 9.00. The van der Waals surface area contributed by atoms with Crippen LogP contribution in [0.15, 0.2) is 30.6 Å². The van der Waals surface area contributed by atoms with Gasteiger partial charge in [-0.3, -0.25) is 9.69 Å². The van der Waals surface area contributed by atoms with Crippen molar-refractivity contribution in [2.75, 3.05) is 51.6 Å². The molecule has 216 valence electrons. The summed E-state index contributed by atoms with van der Waals surface area (Å²) >= 11 is 0. The molecule has 0 radical (unpaired) electrons. The fraction of sp³-hybridized carbons (Fsp3) is 0.613. The normalized spacial score (nSPS) is 17.4. The monoisotopic (exact) mass is 546 g/mol. The van der Waals surface area contributed by atoms with Gasteiger partial charge in [0.25, 0.3) is 5.91 Å². The van der Waals surface area contributed by atoms with Gasteiger partial charge in [-0.2, -0.15) is 0 Å². The third-order valence-electron chi connectivity index (χ3n) is 8.56. The van der Waals surface area contributed by atoms with E-state index in [0.717, 1.165) is 74.7 Å². The van der Waals surface area contributed by atoms with Crippen LogP contribution in [0.5, 0.6) is 0 Å². The lowest BCUT2D eigenvalue weighted by Crippen LogP contribution is -2.47. The number of nitrogens with zero attached hydrogens (tertiary/aromatic N) is 7. The molecule has 9 heteroatoms. The van der Waals surface area contributed by atoms with Crippen molar-refractivity contribution in [3.05, 3.63) is 36.2 Å². The fourth-order valence-electron chi connectivity index (χ4n) is 6.17. The van der Waals surface area contributed by atoms with E-state index < -0.39 is 0 Å². The Labute approximate surface area is 239 Å². The van der Waals surface area contributed by atoms with Gasteiger partial charge in [-0.1, -0.05) is 31.4 Å². The van der Waals surface area contributed by atoms with Gasteiger partial charge in [0.15, 0.2) is 17.3 Å². The van der Waals surface area contributed by atoms with E-state index in [0.29, 0.717) is 29.5 Å². The van der Waals surface area contributed by atoms with Crippen molar-refractivity contribution in [1.82, 2.24) is 34.2 Å². The summed E-state index contributed by atoms with van der Waals surface area (Å²) in [6, 6.07) is 9.16. The van der Waals surface area contributed by atoms with Crippen molar-refractivity contribution in [2.24, 2.45) is 0 Å². The summed E-state index contributed by atoms with van der Waals surface area (Å²) in [7, 11) is 2.10. The molecule has 1 N–H and O–H groups in total. The molecule has 2 aliphatic rings. The Hall–Kier alpha value is -3.04. The molecule has 1 saturated carbocycles. The molecule has 1 saturated heterocycles. The number of anilines is 1. The minimum Gasteiger partial charge on any atom is -0.367 e. The maximum absolute atomic E-state index is 13.1. The van der Waals surface area contributed by atoms with E-state index in [1.807, 2.05) is 35.5 Å². The Morgan fingerprint density at radius 3 is 2.30 bits per heavy atom. The molecule has 5 rings (SSSR count). The van der Waals surface area contributed by atoms with Crippen LogP contribution < -0.4 is 5.32 Å². The molecule has 9 nitrogen and oxygen atoms in total. The van der Waals surface area contributed by atoms with Crippen molar-refractivity contribution in [2.45, 2.75) is 77.9 Å². The minimum atomic E-state index is 0.0913. The highest BCUT2D eigenvalue weighted by molar-refractivity contribution is 5.95. The van der Waals surface area contributed by atoms with Crippen molar-refractivity contribution < 1.29 is 4.79 Å². The molecular weight excluding hydrogens is 500 g/mol. The lowest BCUT2D eigenvalue weighted by Gasteiger charge is -2.32. The highest BCUT2D eigenvalue weighted by atomic mass is 16.2. The fourth-order valence-corrected chi connectivity index (χ4v) is 6.17. The zero-order chi connectivity index (χ0) is 28.2. The third kappa shape index (κ3) is 6.31. The van der Waals surface area contributed by atoms with Crippen LogP contribution in [0, 0.1) is 0 Å². The quantitative estimate of drug-likeness (QED) is 0.408. The molecule has 1 aliphatic heterocycles. The molecule has 0 bridgehead atoms. The number of benzene rings is 1. The average Bonchev–Trinajstić information content (AvgIpc) is 3.40. The molecular formula is C31H46N8O. The number of hydrogen-bond donors (Lipinski definition) is 1. The van der Waals surface area contributed by atoms with Gasteiger partial charge in [-0.05, 0) is 59.7 Å². The summed E-state index contributed by atoms with van der Waals surface area (Å²) in [6.45, 7) is 14.0. The average molecular weight is 547 g/mol. The summed E-state index contributed by atoms with van der Waals surface area (Å²) in [5.74, 6) is 1.53. The number of fused-ring (bicyclic) bond motifs is 1. The van der Waals surface area contributed by atoms with E-state index in [4.69, 9.17) is 15.0 Å². The second-order valence-corrected chi connectivity index (χ2v) is 12.0. The standard InChI is InChI=1S/C31H46N8O/c1-22(2)38(23(3)4)16-15-32-29-27-30(39(21-33-27)26-9-7-6-8-10-26)35-28(34-29)24-11-13-25(14-12-24)31(40)37-19-17-36(5)18-20-37/h11-14,21-23,26H,6-10,15-20H2,1-5H3,(H,32,34,35). The number of imidazole rings is 1. The van der Waals surface area contributed by atoms with Crippen LogP contribution >= 0.6 is 0 Å². The Morgan fingerprint density at radius 2 is 1.65 bits per heavy atom. The van der Waals surface area contributed by atoms with E-state index in [-0.39, 0.29) is 5.91 Å². The third-order valence-corrected chi connectivity index (χ3v) is 8.56. The number of carbonyl (C=O) groups is 1. The highest BCUT2D eigenvalue weighted by Gasteiger charge is 2.23. The van der Waals surface area contributed by atoms with E-state index in [1.165, 1.54) is 19.3 Å². The van der Waals surface area contributed by atoms with Crippen LogP contribution in [0.4, 0.5) is 5.82 Å². The first-order valence-electron chi connectivity index (χ1n) is 15.1. The second kappa shape index (κ2) is 12.6. The Bertz CT molecular complexity index is 1260. The number of carbonyl (C=O) groups excluding carboxylic acids is 1. The van der Waals surface area contributed by atoms with Gasteiger partial charge in [0, 0.05) is 68.5 Å². The first-order valence-corrected chi connectivity index (χ1v) is 15.1. The zero-order valence-corrected chi connectivity index (χ0v) is 24.9. The lowest BCUT2D eigenvalue weighted by molar-refractivity contribution is 0.0664. The van der Waals surface area contributed by atoms with Gasteiger partial charge < -0.3 is 19.7 Å². The number of nitrogens with one attached hydrogen (secondary N) is 1. The predicted octanol–water partition coefficient (Wildman–Crippen LogP) is 4.92. The van der Waals surface area contributed by atoms with E-state index in [9.17, 15) is 4.79 Å². The smallest absolute Gasteiger partial charge is 0.253 e. The van der Waals surface area contributed by atoms with Crippen LogP contribution in [0.1, 0.15) is 76.2 Å². The largest absolute Gasteiger partial charge is 0.367 e. The zero-order valence-electron chi connectivity index (χ0n) is 24.9. The summed E-state index contributed by atoms with van der Waals surface area (Å²) in [6.07, 6.45) is 8.07. The van der Waals surface area contributed by atoms with E-state index in [2.05, 4.69) is 54.4 Å². The molecule has 3 heterocycles. The number of aromatic nitrogens is 4. The number of hydrogen-bond acceptors (Lipinski definition) is 7. The van der Waals surface area contributed by atoms with Crippen molar-refractivity contribution in [1.29, 1.82) is 0 Å². The van der Waals surface area contributed by atoms with Gasteiger partial charge in [0.2, 0.25) is 0 Å². The molecule has 1 amide bonds. The lowest BCUT2D eigenvalue weighted by atomic mass is 9.95. The Balaban J connectivity index is 1.42. The molecule has 1 aliphatic carbocycles. The molecule has 0 spiro atoms. The summed E-state index contributed by atoms with van der Waals surface area (Å²) in [5.41, 5.74) is 3.34. The van der Waals surface area contributed by atoms with Gasteiger partial charge in [-0.25, -0.2) is 15.0 Å². The van der Waals surface area contributed by atoms with Crippen molar-refractivity contribution >= 4 is 22.9 Å². The van der Waals surface area contributed by atoms with Gasteiger partial charge in [0.1, 0.15) is 5.52 Å². The summed E-state index contributed by atoms with van der Waals surface area (Å²) < 4.78 is 2.27. The maximum Gasteiger partial charge on any atom is 0.253 e. The maximum atomic E-state index is 13.1. The van der Waals surface area contributed by atoms with Crippen LogP contribution in [0.2, 0.25) is 0 Å². The van der Waals surface area contributed by atoms with Gasteiger partial charge in [-0.15, -0.1) is 0 Å². The van der Waals surface area contributed by atoms with E-state index >= 15 is 0 Å². The molecule has 40 heavy (non-hydrogen) atoms. The number of amides is 1. The van der Waals surface area contributed by atoms with Gasteiger partial charge in [0.05, 0.1) is 6.33 Å². The molecule has 3 aromatic rings. The van der Waals surface area contributed by atoms with E-state index in [1.54, 1.807) is 0 Å². The van der Waals surface area contributed by atoms with Crippen molar-refractivity contribution in [3.63, 3.8) is 0 Å². The molecule has 0 unspecified atom stereocenters. The van der Waals surface area contributed by atoms with Crippen LogP contribution in [-0.2, 0) is 0 Å². The molecule has 2 fully saturated rings. The van der Waals surface area contributed by atoms with Crippen LogP contribution in [0.3, 0.4) is 0 Å². The van der Waals surface area contributed by atoms with Crippen molar-refractivity contribution in [3.8, 4) is 11.4 Å². The SMILES string of the molecule is CC(C)N(CCNc1nc(-c2ccc(C(=O)N3CCN(C)CC3)cc2)nc2c1ncn2C1CCCCC1)C(C)C. The van der Waals surface area contributed by atoms with Gasteiger partial charge >= 0.3 is 0 Å². The number of piperazine rings is 1.